The summed E-state index contributed by atoms with van der Waals surface area (Å²) in [6.07, 6.45) is 3.98. The third kappa shape index (κ3) is 7.68. The standard InChI is InChI=1S/C16H34N4.HI/c1-6-17-16(19-14(5)13(3)4)18-12-15-10-8-9-11-20(15)7-2;/h13-15H,6-12H2,1-5H3,(H2,17,18,19);1H. The molecule has 0 spiro atoms. The van der Waals surface area contributed by atoms with Crippen LogP contribution in [0.15, 0.2) is 4.99 Å². The molecule has 1 fully saturated rings. The van der Waals surface area contributed by atoms with Crippen molar-refractivity contribution in [1.29, 1.82) is 0 Å². The van der Waals surface area contributed by atoms with Crippen LogP contribution in [0.25, 0.3) is 0 Å². The van der Waals surface area contributed by atoms with Gasteiger partial charge in [-0.2, -0.15) is 0 Å². The van der Waals surface area contributed by atoms with Crippen LogP contribution in [-0.2, 0) is 0 Å². The molecule has 1 aliphatic heterocycles. The molecule has 4 nitrogen and oxygen atoms in total. The highest BCUT2D eigenvalue weighted by Crippen LogP contribution is 2.16. The number of guanidine groups is 1. The minimum atomic E-state index is 0. The first-order chi connectivity index (χ1) is 9.58. The quantitative estimate of drug-likeness (QED) is 0.402. The van der Waals surface area contributed by atoms with Crippen LogP contribution >= 0.6 is 24.0 Å². The van der Waals surface area contributed by atoms with E-state index < -0.39 is 0 Å². The number of aliphatic imine (C=N–C) groups is 1. The second kappa shape index (κ2) is 11.5. The van der Waals surface area contributed by atoms with E-state index in [0.717, 1.165) is 25.6 Å². The third-order valence-electron chi connectivity index (χ3n) is 4.32. The lowest BCUT2D eigenvalue weighted by molar-refractivity contribution is 0.161. The Morgan fingerprint density at radius 3 is 2.52 bits per heavy atom. The molecule has 5 heteroatoms. The maximum Gasteiger partial charge on any atom is 0.191 e. The molecule has 1 saturated heterocycles. The summed E-state index contributed by atoms with van der Waals surface area (Å²) in [5.74, 6) is 1.58. The molecule has 0 bridgehead atoms. The molecule has 126 valence electrons. The van der Waals surface area contributed by atoms with Crippen LogP contribution in [0.1, 0.15) is 53.9 Å². The van der Waals surface area contributed by atoms with Crippen molar-refractivity contribution in [2.75, 3.05) is 26.2 Å². The van der Waals surface area contributed by atoms with Crippen molar-refractivity contribution in [3.05, 3.63) is 0 Å². The van der Waals surface area contributed by atoms with E-state index >= 15 is 0 Å². The molecule has 0 radical (unpaired) electrons. The van der Waals surface area contributed by atoms with Gasteiger partial charge in [0.15, 0.2) is 5.96 Å². The maximum atomic E-state index is 4.81. The van der Waals surface area contributed by atoms with Gasteiger partial charge in [-0.1, -0.05) is 27.2 Å². The zero-order chi connectivity index (χ0) is 15.0. The highest BCUT2D eigenvalue weighted by molar-refractivity contribution is 14.0. The van der Waals surface area contributed by atoms with Gasteiger partial charge < -0.3 is 10.6 Å². The summed E-state index contributed by atoms with van der Waals surface area (Å²) in [6.45, 7) is 15.3. The molecule has 2 unspecified atom stereocenters. The normalized spacial score (nSPS) is 21.8. The van der Waals surface area contributed by atoms with Gasteiger partial charge in [-0.3, -0.25) is 9.89 Å². The van der Waals surface area contributed by atoms with E-state index in [-0.39, 0.29) is 24.0 Å². The van der Waals surface area contributed by atoms with Crippen molar-refractivity contribution in [3.8, 4) is 0 Å². The molecule has 1 rings (SSSR count). The molecule has 0 aromatic heterocycles. The minimum absolute atomic E-state index is 0. The Balaban J connectivity index is 0.00000400. The SMILES string of the molecule is CCNC(=NCC1CCCCN1CC)NC(C)C(C)C.I. The molecular formula is C16H35IN4. The van der Waals surface area contributed by atoms with Crippen LogP contribution in [0.4, 0.5) is 0 Å². The van der Waals surface area contributed by atoms with Crippen molar-refractivity contribution in [2.45, 2.75) is 66.0 Å². The molecule has 0 saturated carbocycles. The van der Waals surface area contributed by atoms with Gasteiger partial charge in [0.1, 0.15) is 0 Å². The van der Waals surface area contributed by atoms with Gasteiger partial charge >= 0.3 is 0 Å². The molecule has 1 heterocycles. The Hall–Kier alpha value is -0.0400. The summed E-state index contributed by atoms with van der Waals surface area (Å²) >= 11 is 0. The van der Waals surface area contributed by atoms with E-state index in [4.69, 9.17) is 4.99 Å². The topological polar surface area (TPSA) is 39.7 Å². The second-order valence-corrected chi connectivity index (χ2v) is 6.17. The molecule has 2 atom stereocenters. The largest absolute Gasteiger partial charge is 0.357 e. The van der Waals surface area contributed by atoms with Crippen LogP contribution in [0.5, 0.6) is 0 Å². The lowest BCUT2D eigenvalue weighted by atomic mass is 10.0. The van der Waals surface area contributed by atoms with E-state index in [0.29, 0.717) is 18.0 Å². The first kappa shape index (κ1) is 21.0. The van der Waals surface area contributed by atoms with Crippen molar-refractivity contribution in [1.82, 2.24) is 15.5 Å². The number of likely N-dealkylation sites (tertiary alicyclic amines) is 1. The molecular weight excluding hydrogens is 375 g/mol. The lowest BCUT2D eigenvalue weighted by Crippen LogP contribution is -2.46. The van der Waals surface area contributed by atoms with Gasteiger partial charge in [0.2, 0.25) is 0 Å². The van der Waals surface area contributed by atoms with E-state index in [1.54, 1.807) is 0 Å². The lowest BCUT2D eigenvalue weighted by Gasteiger charge is -2.34. The fraction of sp³-hybridized carbons (Fsp3) is 0.938. The molecule has 1 aliphatic rings. The predicted octanol–water partition coefficient (Wildman–Crippen LogP) is 3.08. The van der Waals surface area contributed by atoms with Crippen LogP contribution in [-0.4, -0.2) is 49.1 Å². The summed E-state index contributed by atoms with van der Waals surface area (Å²) < 4.78 is 0. The molecule has 0 aliphatic carbocycles. The van der Waals surface area contributed by atoms with E-state index in [1.165, 1.54) is 25.8 Å². The number of nitrogens with one attached hydrogen (secondary N) is 2. The zero-order valence-electron chi connectivity index (χ0n) is 14.5. The van der Waals surface area contributed by atoms with Crippen LogP contribution in [0.3, 0.4) is 0 Å². The van der Waals surface area contributed by atoms with Gasteiger partial charge in [-0.15, -0.1) is 24.0 Å². The first-order valence-corrected chi connectivity index (χ1v) is 8.37. The Morgan fingerprint density at radius 1 is 1.24 bits per heavy atom. The third-order valence-corrected chi connectivity index (χ3v) is 4.32. The van der Waals surface area contributed by atoms with Crippen LogP contribution in [0, 0.1) is 5.92 Å². The van der Waals surface area contributed by atoms with Gasteiger partial charge in [-0.05, 0) is 45.7 Å². The Morgan fingerprint density at radius 2 is 1.95 bits per heavy atom. The molecule has 2 N–H and O–H groups in total. The van der Waals surface area contributed by atoms with Crippen molar-refractivity contribution < 1.29 is 0 Å². The average Bonchev–Trinajstić information content (AvgIpc) is 2.45. The zero-order valence-corrected chi connectivity index (χ0v) is 16.8. The molecule has 0 aromatic rings. The molecule has 21 heavy (non-hydrogen) atoms. The van der Waals surface area contributed by atoms with E-state index in [2.05, 4.69) is 50.2 Å². The summed E-state index contributed by atoms with van der Waals surface area (Å²) in [5.41, 5.74) is 0. The van der Waals surface area contributed by atoms with Gasteiger partial charge in [-0.25, -0.2) is 0 Å². The Bertz CT molecular complexity index is 294. The minimum Gasteiger partial charge on any atom is -0.357 e. The van der Waals surface area contributed by atoms with Crippen LogP contribution in [0.2, 0.25) is 0 Å². The van der Waals surface area contributed by atoms with E-state index in [9.17, 15) is 0 Å². The highest BCUT2D eigenvalue weighted by Gasteiger charge is 2.20. The Kier molecular flexibility index (Phi) is 11.5. The average molecular weight is 410 g/mol. The monoisotopic (exact) mass is 410 g/mol. The predicted molar refractivity (Wildman–Crippen MR) is 104 cm³/mol. The van der Waals surface area contributed by atoms with Crippen molar-refractivity contribution in [2.24, 2.45) is 10.9 Å². The van der Waals surface area contributed by atoms with Crippen LogP contribution < -0.4 is 10.6 Å². The van der Waals surface area contributed by atoms with Gasteiger partial charge in [0.05, 0.1) is 6.54 Å². The molecule has 0 aromatic carbocycles. The fourth-order valence-electron chi connectivity index (χ4n) is 2.58. The number of hydrogen-bond acceptors (Lipinski definition) is 2. The van der Waals surface area contributed by atoms with E-state index in [1.807, 2.05) is 0 Å². The summed E-state index contributed by atoms with van der Waals surface area (Å²) in [5, 5.41) is 6.87. The smallest absolute Gasteiger partial charge is 0.191 e. The number of likely N-dealkylation sites (N-methyl/N-ethyl adjacent to an activating group) is 1. The van der Waals surface area contributed by atoms with Gasteiger partial charge in [0.25, 0.3) is 0 Å². The van der Waals surface area contributed by atoms with Gasteiger partial charge in [0, 0.05) is 18.6 Å². The fourth-order valence-corrected chi connectivity index (χ4v) is 2.58. The summed E-state index contributed by atoms with van der Waals surface area (Å²) in [6, 6.07) is 1.07. The number of nitrogens with zero attached hydrogens (tertiary/aromatic N) is 2. The van der Waals surface area contributed by atoms with Crippen molar-refractivity contribution >= 4 is 29.9 Å². The number of rotatable bonds is 6. The summed E-state index contributed by atoms with van der Waals surface area (Å²) in [7, 11) is 0. The van der Waals surface area contributed by atoms with Crippen molar-refractivity contribution in [3.63, 3.8) is 0 Å². The number of halogens is 1. The number of piperidine rings is 1. The molecule has 0 amide bonds. The maximum absolute atomic E-state index is 4.81. The second-order valence-electron chi connectivity index (χ2n) is 6.17. The first-order valence-electron chi connectivity index (χ1n) is 8.37. The Labute approximate surface area is 148 Å². The number of hydrogen-bond donors (Lipinski definition) is 2. The highest BCUT2D eigenvalue weighted by atomic mass is 127. The summed E-state index contributed by atoms with van der Waals surface area (Å²) in [4.78, 5) is 7.38.